The first-order valence-corrected chi connectivity index (χ1v) is 5.20. The summed E-state index contributed by atoms with van der Waals surface area (Å²) in [4.78, 5) is 0. The minimum atomic E-state index is 1.26. The molecule has 1 rings (SSSR count). The number of hydrogen-bond donors (Lipinski definition) is 0. The van der Waals surface area contributed by atoms with Gasteiger partial charge in [0, 0.05) is 18.9 Å². The van der Waals surface area contributed by atoms with Crippen LogP contribution in [0.15, 0.2) is 24.4 Å². The molecule has 0 aromatic carbocycles. The molecule has 0 spiro atoms. The van der Waals surface area contributed by atoms with Crippen LogP contribution in [0.25, 0.3) is 12.2 Å². The molecule has 0 radical (unpaired) electrons. The van der Waals surface area contributed by atoms with Crippen LogP contribution in [0.2, 0.25) is 0 Å². The van der Waals surface area contributed by atoms with Gasteiger partial charge in [-0.25, -0.2) is 0 Å². The molecule has 0 aliphatic carbocycles. The molecule has 1 heterocycles. The summed E-state index contributed by atoms with van der Waals surface area (Å²) in [7, 11) is 2.06. The Balaban J connectivity index is 0.000000791. The first-order valence-electron chi connectivity index (χ1n) is 5.20. The number of rotatable bonds is 2. The summed E-state index contributed by atoms with van der Waals surface area (Å²) in [5.41, 5.74) is 2.54. The van der Waals surface area contributed by atoms with E-state index in [1.807, 2.05) is 27.7 Å². The van der Waals surface area contributed by atoms with Crippen LogP contribution in [0.3, 0.4) is 0 Å². The molecule has 0 aliphatic heterocycles. The van der Waals surface area contributed by atoms with E-state index in [2.05, 4.69) is 48.2 Å². The van der Waals surface area contributed by atoms with Crippen molar-refractivity contribution in [3.8, 4) is 0 Å². The lowest BCUT2D eigenvalue weighted by atomic mass is 10.2. The Morgan fingerprint density at radius 2 is 1.64 bits per heavy atom. The average Bonchev–Trinajstić information content (AvgIpc) is 2.54. The molecule has 0 unspecified atom stereocenters. The third-order valence-electron chi connectivity index (χ3n) is 1.82. The van der Waals surface area contributed by atoms with Crippen LogP contribution >= 0.6 is 0 Å². The van der Waals surface area contributed by atoms with Gasteiger partial charge in [0.15, 0.2) is 0 Å². The predicted octanol–water partition coefficient (Wildman–Crippen LogP) is 4.12. The van der Waals surface area contributed by atoms with Crippen molar-refractivity contribution in [3.63, 3.8) is 0 Å². The van der Waals surface area contributed by atoms with Gasteiger partial charge in [0.2, 0.25) is 0 Å². The van der Waals surface area contributed by atoms with Crippen molar-refractivity contribution in [2.24, 2.45) is 7.05 Å². The summed E-state index contributed by atoms with van der Waals surface area (Å²) in [5, 5.41) is 0. The smallest absolute Gasteiger partial charge is 0.0474 e. The fraction of sp³-hybridized carbons (Fsp3) is 0.385. The maximum atomic E-state index is 2.12. The predicted molar refractivity (Wildman–Crippen MR) is 66.2 cm³/mol. The second kappa shape index (κ2) is 7.19. The minimum Gasteiger partial charge on any atom is -0.351 e. The molecule has 0 saturated carbocycles. The van der Waals surface area contributed by atoms with Gasteiger partial charge in [-0.3, -0.25) is 0 Å². The maximum Gasteiger partial charge on any atom is 0.0474 e. The third-order valence-corrected chi connectivity index (χ3v) is 1.82. The fourth-order valence-corrected chi connectivity index (χ4v) is 1.25. The molecular formula is C13H21N. The van der Waals surface area contributed by atoms with Crippen LogP contribution in [0.5, 0.6) is 0 Å². The van der Waals surface area contributed by atoms with Crippen LogP contribution in [0.1, 0.15) is 39.0 Å². The highest BCUT2D eigenvalue weighted by Crippen LogP contribution is 2.13. The van der Waals surface area contributed by atoms with Gasteiger partial charge in [-0.2, -0.15) is 0 Å². The molecule has 78 valence electrons. The number of aromatic nitrogens is 1. The van der Waals surface area contributed by atoms with Crippen molar-refractivity contribution in [1.29, 1.82) is 0 Å². The van der Waals surface area contributed by atoms with Crippen molar-refractivity contribution >= 4 is 12.2 Å². The summed E-state index contributed by atoms with van der Waals surface area (Å²) in [6, 6.07) is 2.12. The minimum absolute atomic E-state index is 1.26. The first-order chi connectivity index (χ1) is 6.79. The van der Waals surface area contributed by atoms with Gasteiger partial charge in [0.25, 0.3) is 0 Å². The van der Waals surface area contributed by atoms with E-state index in [4.69, 9.17) is 0 Å². The lowest BCUT2D eigenvalue weighted by molar-refractivity contribution is 0.914. The molecule has 0 N–H and O–H groups in total. The van der Waals surface area contributed by atoms with Crippen molar-refractivity contribution in [3.05, 3.63) is 35.7 Å². The molecule has 14 heavy (non-hydrogen) atoms. The lowest BCUT2D eigenvalue weighted by Gasteiger charge is -1.97. The van der Waals surface area contributed by atoms with Crippen molar-refractivity contribution < 1.29 is 0 Å². The highest BCUT2D eigenvalue weighted by molar-refractivity contribution is 5.63. The summed E-state index contributed by atoms with van der Waals surface area (Å²) >= 11 is 0. The van der Waals surface area contributed by atoms with Crippen LogP contribution in [-0.2, 0) is 7.05 Å². The van der Waals surface area contributed by atoms with Gasteiger partial charge in [-0.05, 0) is 31.6 Å². The van der Waals surface area contributed by atoms with E-state index in [0.717, 1.165) is 0 Å². The Morgan fingerprint density at radius 1 is 1.07 bits per heavy atom. The summed E-state index contributed by atoms with van der Waals surface area (Å²) in [5.74, 6) is 0. The zero-order valence-electron chi connectivity index (χ0n) is 9.91. The van der Waals surface area contributed by atoms with Gasteiger partial charge in [0.05, 0.1) is 0 Å². The van der Waals surface area contributed by atoms with Gasteiger partial charge >= 0.3 is 0 Å². The van der Waals surface area contributed by atoms with E-state index in [9.17, 15) is 0 Å². The average molecular weight is 191 g/mol. The Hall–Kier alpha value is -1.24. The van der Waals surface area contributed by atoms with Gasteiger partial charge in [0.1, 0.15) is 0 Å². The fourth-order valence-electron chi connectivity index (χ4n) is 1.25. The van der Waals surface area contributed by atoms with E-state index in [-0.39, 0.29) is 0 Å². The molecule has 0 bridgehead atoms. The van der Waals surface area contributed by atoms with E-state index in [0.29, 0.717) is 0 Å². The van der Waals surface area contributed by atoms with E-state index in [1.54, 1.807) is 0 Å². The molecule has 0 aliphatic rings. The number of aryl methyl sites for hydroxylation is 1. The van der Waals surface area contributed by atoms with Crippen molar-refractivity contribution in [2.45, 2.75) is 27.7 Å². The zero-order chi connectivity index (χ0) is 11.0. The van der Waals surface area contributed by atoms with Crippen molar-refractivity contribution in [2.75, 3.05) is 0 Å². The topological polar surface area (TPSA) is 4.93 Å². The first kappa shape index (κ1) is 12.8. The van der Waals surface area contributed by atoms with Crippen LogP contribution in [-0.4, -0.2) is 4.57 Å². The zero-order valence-corrected chi connectivity index (χ0v) is 9.91. The number of hydrogen-bond acceptors (Lipinski definition) is 0. The second-order valence-electron chi connectivity index (χ2n) is 2.77. The lowest BCUT2D eigenvalue weighted by Crippen LogP contribution is -1.88. The molecule has 0 saturated heterocycles. The molecular weight excluding hydrogens is 170 g/mol. The molecule has 1 nitrogen and oxygen atoms in total. The van der Waals surface area contributed by atoms with Crippen LogP contribution in [0.4, 0.5) is 0 Å². The van der Waals surface area contributed by atoms with Gasteiger partial charge in [-0.15, -0.1) is 0 Å². The van der Waals surface area contributed by atoms with Crippen LogP contribution < -0.4 is 0 Å². The van der Waals surface area contributed by atoms with Gasteiger partial charge in [-0.1, -0.05) is 32.1 Å². The van der Waals surface area contributed by atoms with E-state index in [1.165, 1.54) is 11.3 Å². The van der Waals surface area contributed by atoms with Crippen molar-refractivity contribution in [1.82, 2.24) is 4.57 Å². The molecule has 1 aromatic heterocycles. The number of nitrogens with zero attached hydrogens (tertiary/aromatic N) is 1. The van der Waals surface area contributed by atoms with Gasteiger partial charge < -0.3 is 4.57 Å². The molecule has 0 amide bonds. The quantitative estimate of drug-likeness (QED) is 0.662. The molecule has 0 atom stereocenters. The summed E-state index contributed by atoms with van der Waals surface area (Å²) in [6.45, 7) is 8.07. The second-order valence-corrected chi connectivity index (χ2v) is 2.77. The molecule has 1 heteroatoms. The largest absolute Gasteiger partial charge is 0.351 e. The Bertz CT molecular complexity index is 303. The summed E-state index contributed by atoms with van der Waals surface area (Å²) < 4.78 is 2.12. The Kier molecular flexibility index (Phi) is 6.55. The van der Waals surface area contributed by atoms with E-state index < -0.39 is 0 Å². The summed E-state index contributed by atoms with van der Waals surface area (Å²) in [6.07, 6.45) is 10.4. The Morgan fingerprint density at radius 3 is 2.14 bits per heavy atom. The van der Waals surface area contributed by atoms with Crippen LogP contribution in [0, 0.1) is 0 Å². The monoisotopic (exact) mass is 191 g/mol. The molecule has 0 fully saturated rings. The standard InChI is InChI=1S/C11H15N.C2H6/c1-4-6-10-8-9-12(3)11(10)7-5-2;1-2/h4-9H,1-3H3;1-2H3/b6-4-,7-5-;. The normalized spacial score (nSPS) is 10.6. The maximum absolute atomic E-state index is 2.12. The SMILES string of the molecule is C/C=C\c1ccn(C)c1/C=C\C.CC. The third kappa shape index (κ3) is 3.25. The molecule has 1 aromatic rings. The number of allylic oxidation sites excluding steroid dienone is 2. The Labute approximate surface area is 87.8 Å². The highest BCUT2D eigenvalue weighted by Gasteiger charge is 1.98. The van der Waals surface area contributed by atoms with E-state index >= 15 is 0 Å². The highest BCUT2D eigenvalue weighted by atomic mass is 14.9.